The van der Waals surface area contributed by atoms with Crippen molar-refractivity contribution in [2.45, 2.75) is 39.2 Å². The van der Waals surface area contributed by atoms with Gasteiger partial charge < -0.3 is 16.4 Å². The fraction of sp³-hybridized carbons (Fsp3) is 0.533. The number of nitrogens with one attached hydrogen (secondary N) is 2. The number of urea groups is 1. The Labute approximate surface area is 114 Å². The first-order valence-electron chi connectivity index (χ1n) is 6.97. The predicted octanol–water partition coefficient (Wildman–Crippen LogP) is 3.41. The molecule has 19 heavy (non-hydrogen) atoms. The van der Waals surface area contributed by atoms with Crippen LogP contribution in [-0.4, -0.2) is 12.1 Å². The fourth-order valence-corrected chi connectivity index (χ4v) is 2.78. The van der Waals surface area contributed by atoms with E-state index in [-0.39, 0.29) is 0 Å². The Morgan fingerprint density at radius 1 is 1.26 bits per heavy atom. The molecule has 0 bridgehead atoms. The molecule has 3 unspecified atom stereocenters. The van der Waals surface area contributed by atoms with Gasteiger partial charge in [0.15, 0.2) is 0 Å². The first kappa shape index (κ1) is 13.7. The molecule has 4 heteroatoms. The minimum Gasteiger partial charge on any atom is -0.382 e. The minimum atomic E-state index is -0.531. The summed E-state index contributed by atoms with van der Waals surface area (Å²) >= 11 is 0. The summed E-state index contributed by atoms with van der Waals surface area (Å²) in [5.41, 5.74) is 6.90. The van der Waals surface area contributed by atoms with E-state index >= 15 is 0 Å². The van der Waals surface area contributed by atoms with Crippen molar-refractivity contribution >= 4 is 17.4 Å². The molecule has 1 aromatic rings. The molecule has 0 heterocycles. The number of nitrogens with two attached hydrogens (primary N) is 1. The van der Waals surface area contributed by atoms with Gasteiger partial charge in [-0.3, -0.25) is 0 Å². The zero-order chi connectivity index (χ0) is 13.8. The van der Waals surface area contributed by atoms with Gasteiger partial charge in [-0.25, -0.2) is 4.79 Å². The topological polar surface area (TPSA) is 67.2 Å². The summed E-state index contributed by atoms with van der Waals surface area (Å²) in [6.45, 7) is 4.61. The van der Waals surface area contributed by atoms with Crippen LogP contribution in [0.25, 0.3) is 0 Å². The molecule has 0 spiro atoms. The van der Waals surface area contributed by atoms with Crippen LogP contribution >= 0.6 is 0 Å². The number of rotatable bonds is 3. The van der Waals surface area contributed by atoms with Gasteiger partial charge in [0.1, 0.15) is 0 Å². The number of anilines is 2. The van der Waals surface area contributed by atoms with Crippen LogP contribution < -0.4 is 16.4 Å². The summed E-state index contributed by atoms with van der Waals surface area (Å²) < 4.78 is 0. The second-order valence-electron chi connectivity index (χ2n) is 5.72. The number of carbonyl (C=O) groups is 1. The molecule has 0 aromatic heterocycles. The maximum Gasteiger partial charge on any atom is 0.316 e. The van der Waals surface area contributed by atoms with Crippen LogP contribution in [0, 0.1) is 11.8 Å². The molecule has 1 aromatic carbocycles. The number of amides is 2. The Bertz CT molecular complexity index is 447. The number of hydrogen-bond acceptors (Lipinski definition) is 2. The van der Waals surface area contributed by atoms with Gasteiger partial charge in [-0.05, 0) is 42.9 Å². The summed E-state index contributed by atoms with van der Waals surface area (Å²) in [5.74, 6) is 1.46. The van der Waals surface area contributed by atoms with E-state index in [1.165, 1.54) is 19.3 Å². The van der Waals surface area contributed by atoms with Gasteiger partial charge in [0, 0.05) is 17.4 Å². The molecule has 1 saturated carbocycles. The van der Waals surface area contributed by atoms with Gasteiger partial charge in [0.25, 0.3) is 0 Å². The zero-order valence-corrected chi connectivity index (χ0v) is 11.6. The van der Waals surface area contributed by atoms with Crippen LogP contribution in [0.1, 0.15) is 33.1 Å². The summed E-state index contributed by atoms with van der Waals surface area (Å²) in [6.07, 6.45) is 3.80. The average Bonchev–Trinajstić information content (AvgIpc) is 2.33. The van der Waals surface area contributed by atoms with Gasteiger partial charge in [-0.15, -0.1) is 0 Å². The average molecular weight is 261 g/mol. The van der Waals surface area contributed by atoms with Crippen LogP contribution in [0.3, 0.4) is 0 Å². The quantitative estimate of drug-likeness (QED) is 0.780. The normalized spacial score (nSPS) is 26.7. The Morgan fingerprint density at radius 2 is 2.00 bits per heavy atom. The Hall–Kier alpha value is -1.71. The lowest BCUT2D eigenvalue weighted by atomic mass is 9.80. The molecule has 2 rings (SSSR count). The molecule has 1 aliphatic rings. The minimum absolute atomic E-state index is 0.507. The highest BCUT2D eigenvalue weighted by Crippen LogP contribution is 2.31. The molecule has 1 fully saturated rings. The summed E-state index contributed by atoms with van der Waals surface area (Å²) in [4.78, 5) is 10.9. The van der Waals surface area contributed by atoms with E-state index < -0.39 is 6.03 Å². The van der Waals surface area contributed by atoms with E-state index in [1.807, 2.05) is 24.3 Å². The molecule has 4 nitrogen and oxygen atoms in total. The SMILES string of the molecule is CC1CCC(C)C(Nc2cccc(NC(N)=O)c2)C1. The third-order valence-electron chi connectivity index (χ3n) is 3.94. The van der Waals surface area contributed by atoms with Crippen molar-refractivity contribution in [2.75, 3.05) is 10.6 Å². The monoisotopic (exact) mass is 261 g/mol. The molecule has 1 aliphatic carbocycles. The molecule has 104 valence electrons. The van der Waals surface area contributed by atoms with E-state index in [4.69, 9.17) is 5.73 Å². The predicted molar refractivity (Wildman–Crippen MR) is 79.2 cm³/mol. The van der Waals surface area contributed by atoms with Crippen molar-refractivity contribution in [1.82, 2.24) is 0 Å². The molecule has 0 saturated heterocycles. The van der Waals surface area contributed by atoms with Crippen molar-refractivity contribution < 1.29 is 4.79 Å². The van der Waals surface area contributed by atoms with Crippen LogP contribution in [0.4, 0.5) is 16.2 Å². The van der Waals surface area contributed by atoms with Gasteiger partial charge in [0.05, 0.1) is 0 Å². The maximum atomic E-state index is 10.9. The largest absolute Gasteiger partial charge is 0.382 e. The lowest BCUT2D eigenvalue weighted by molar-refractivity contribution is 0.259. The van der Waals surface area contributed by atoms with Crippen molar-refractivity contribution in [1.29, 1.82) is 0 Å². The van der Waals surface area contributed by atoms with E-state index in [0.29, 0.717) is 12.0 Å². The highest BCUT2D eigenvalue weighted by molar-refractivity contribution is 5.88. The van der Waals surface area contributed by atoms with Crippen molar-refractivity contribution in [3.05, 3.63) is 24.3 Å². The van der Waals surface area contributed by atoms with Crippen LogP contribution in [0.2, 0.25) is 0 Å². The Kier molecular flexibility index (Phi) is 4.30. The summed E-state index contributed by atoms with van der Waals surface area (Å²) in [6, 6.07) is 7.69. The van der Waals surface area contributed by atoms with Gasteiger partial charge >= 0.3 is 6.03 Å². The molecule has 2 amide bonds. The number of hydrogen-bond donors (Lipinski definition) is 3. The van der Waals surface area contributed by atoms with E-state index in [0.717, 1.165) is 17.3 Å². The van der Waals surface area contributed by atoms with E-state index in [1.54, 1.807) is 0 Å². The standard InChI is InChI=1S/C15H23N3O/c1-10-6-7-11(2)14(8-10)17-12-4-3-5-13(9-12)18-15(16)19/h3-5,9-11,14,17H,6-8H2,1-2H3,(H3,16,18,19). The molecular weight excluding hydrogens is 238 g/mol. The van der Waals surface area contributed by atoms with Crippen molar-refractivity contribution in [2.24, 2.45) is 17.6 Å². The Morgan fingerprint density at radius 3 is 2.74 bits per heavy atom. The molecule has 3 atom stereocenters. The number of benzene rings is 1. The molecular formula is C15H23N3O. The van der Waals surface area contributed by atoms with Crippen molar-refractivity contribution in [3.63, 3.8) is 0 Å². The summed E-state index contributed by atoms with van der Waals surface area (Å²) in [7, 11) is 0. The first-order chi connectivity index (χ1) is 9.04. The Balaban J connectivity index is 2.03. The fourth-order valence-electron chi connectivity index (χ4n) is 2.78. The second kappa shape index (κ2) is 5.95. The van der Waals surface area contributed by atoms with E-state index in [9.17, 15) is 4.79 Å². The van der Waals surface area contributed by atoms with Gasteiger partial charge in [-0.1, -0.05) is 26.3 Å². The summed E-state index contributed by atoms with van der Waals surface area (Å²) in [5, 5.41) is 6.18. The van der Waals surface area contributed by atoms with Crippen LogP contribution in [0.15, 0.2) is 24.3 Å². The lowest BCUT2D eigenvalue weighted by Gasteiger charge is -2.34. The zero-order valence-electron chi connectivity index (χ0n) is 11.6. The van der Waals surface area contributed by atoms with Gasteiger partial charge in [-0.2, -0.15) is 0 Å². The second-order valence-corrected chi connectivity index (χ2v) is 5.72. The van der Waals surface area contributed by atoms with Crippen LogP contribution in [-0.2, 0) is 0 Å². The number of carbonyl (C=O) groups excluding carboxylic acids is 1. The molecule has 4 N–H and O–H groups in total. The first-order valence-corrected chi connectivity index (χ1v) is 6.97. The lowest BCUT2D eigenvalue weighted by Crippen LogP contribution is -2.33. The molecule has 0 aliphatic heterocycles. The highest BCUT2D eigenvalue weighted by Gasteiger charge is 2.25. The smallest absolute Gasteiger partial charge is 0.316 e. The van der Waals surface area contributed by atoms with Gasteiger partial charge in [0.2, 0.25) is 0 Å². The maximum absolute atomic E-state index is 10.9. The van der Waals surface area contributed by atoms with E-state index in [2.05, 4.69) is 24.5 Å². The highest BCUT2D eigenvalue weighted by atomic mass is 16.2. The molecule has 0 radical (unpaired) electrons. The van der Waals surface area contributed by atoms with Crippen molar-refractivity contribution in [3.8, 4) is 0 Å². The third kappa shape index (κ3) is 3.88. The number of primary amides is 1. The van der Waals surface area contributed by atoms with Crippen LogP contribution in [0.5, 0.6) is 0 Å². The third-order valence-corrected chi connectivity index (χ3v) is 3.94.